The summed E-state index contributed by atoms with van der Waals surface area (Å²) in [7, 11) is 0. The average molecular weight is 565 g/mol. The predicted octanol–water partition coefficient (Wildman–Crippen LogP) is 12.0. The molecule has 0 bridgehead atoms. The van der Waals surface area contributed by atoms with Crippen LogP contribution in [-0.2, 0) is 0 Å². The average Bonchev–Trinajstić information content (AvgIpc) is 3.09. The summed E-state index contributed by atoms with van der Waals surface area (Å²) < 4.78 is 0. The highest BCUT2D eigenvalue weighted by Gasteiger charge is 2.02. The fourth-order valence-electron chi connectivity index (χ4n) is 5.49. The molecule has 0 spiro atoms. The Balaban J connectivity index is 0.000000264. The third-order valence-corrected chi connectivity index (χ3v) is 7.84. The Hall–Kier alpha value is -5.86. The van der Waals surface area contributed by atoms with Crippen LogP contribution in [0.2, 0.25) is 0 Å². The molecule has 2 N–H and O–H groups in total. The minimum Gasteiger partial charge on any atom is -0.356 e. The number of hydrogen-bond donors (Lipinski definition) is 2. The number of anilines is 4. The molecular formula is C42H32N2. The van der Waals surface area contributed by atoms with Gasteiger partial charge in [-0.2, -0.15) is 0 Å². The molecule has 2 nitrogen and oxygen atoms in total. The number of fused-ring (bicyclic) bond motifs is 3. The minimum absolute atomic E-state index is 1.08. The van der Waals surface area contributed by atoms with Crippen LogP contribution in [0, 0.1) is 0 Å². The van der Waals surface area contributed by atoms with Crippen LogP contribution in [0.5, 0.6) is 0 Å². The van der Waals surface area contributed by atoms with E-state index in [1.165, 1.54) is 43.4 Å². The zero-order valence-electron chi connectivity index (χ0n) is 24.3. The largest absolute Gasteiger partial charge is 0.356 e. The van der Waals surface area contributed by atoms with Crippen LogP contribution in [0.4, 0.5) is 22.7 Å². The fraction of sp³-hybridized carbons (Fsp3) is 0. The summed E-state index contributed by atoms with van der Waals surface area (Å²) in [5.41, 5.74) is 6.73. The molecule has 210 valence electrons. The van der Waals surface area contributed by atoms with Crippen molar-refractivity contribution in [2.75, 3.05) is 10.6 Å². The lowest BCUT2D eigenvalue weighted by molar-refractivity contribution is 1.54. The topological polar surface area (TPSA) is 24.1 Å². The smallest absolute Gasteiger partial charge is 0.0390 e. The highest BCUT2D eigenvalue weighted by atomic mass is 14.9. The summed E-state index contributed by atoms with van der Waals surface area (Å²) in [5.74, 6) is 0. The third-order valence-electron chi connectivity index (χ3n) is 7.84. The van der Waals surface area contributed by atoms with Crippen LogP contribution in [-0.4, -0.2) is 0 Å². The molecule has 0 saturated heterocycles. The monoisotopic (exact) mass is 564 g/mol. The summed E-state index contributed by atoms with van der Waals surface area (Å²) in [6.07, 6.45) is 0. The van der Waals surface area contributed by atoms with Crippen LogP contribution in [0.25, 0.3) is 43.4 Å². The van der Waals surface area contributed by atoms with Crippen molar-refractivity contribution >= 4 is 55.1 Å². The molecule has 0 radical (unpaired) electrons. The molecule has 0 aliphatic heterocycles. The Morgan fingerprint density at radius 1 is 0.227 bits per heavy atom. The van der Waals surface area contributed by atoms with Crippen LogP contribution in [0.1, 0.15) is 0 Å². The Kier molecular flexibility index (Phi) is 7.71. The standard InChI is InChI=1S/C32H24N2.C10H8/c1-3-7-27-21-31(19-13-23(27)5-1)33-29-15-9-25(10-16-29)26-11-17-30(18-12-26)34-32-20-14-24-6-2-4-8-28(24)22-32;1-2-6-10-8-4-3-7-9(10)5-1/h1-22,33-34H;1-8H. The Labute approximate surface area is 258 Å². The van der Waals surface area contributed by atoms with Gasteiger partial charge in [0.2, 0.25) is 0 Å². The van der Waals surface area contributed by atoms with Gasteiger partial charge in [-0.05, 0) is 92.0 Å². The second kappa shape index (κ2) is 12.6. The molecule has 0 atom stereocenters. The Morgan fingerprint density at radius 3 is 0.841 bits per heavy atom. The van der Waals surface area contributed by atoms with Crippen molar-refractivity contribution in [2.24, 2.45) is 0 Å². The second-order valence-electron chi connectivity index (χ2n) is 10.9. The molecule has 8 aromatic carbocycles. The van der Waals surface area contributed by atoms with Gasteiger partial charge in [0.05, 0.1) is 0 Å². The molecule has 44 heavy (non-hydrogen) atoms. The molecule has 0 aliphatic rings. The number of hydrogen-bond acceptors (Lipinski definition) is 2. The summed E-state index contributed by atoms with van der Waals surface area (Å²) in [5, 5.41) is 14.6. The molecule has 8 aromatic rings. The van der Waals surface area contributed by atoms with Gasteiger partial charge >= 0.3 is 0 Å². The summed E-state index contributed by atoms with van der Waals surface area (Å²) in [6.45, 7) is 0. The van der Waals surface area contributed by atoms with Crippen molar-refractivity contribution in [1.29, 1.82) is 0 Å². The van der Waals surface area contributed by atoms with E-state index in [1.54, 1.807) is 0 Å². The van der Waals surface area contributed by atoms with Crippen molar-refractivity contribution in [3.8, 4) is 11.1 Å². The summed E-state index contributed by atoms with van der Waals surface area (Å²) in [6, 6.07) is 63.6. The van der Waals surface area contributed by atoms with Gasteiger partial charge in [0.15, 0.2) is 0 Å². The lowest BCUT2D eigenvalue weighted by atomic mass is 10.0. The van der Waals surface area contributed by atoms with E-state index in [0.29, 0.717) is 0 Å². The van der Waals surface area contributed by atoms with E-state index in [0.717, 1.165) is 22.7 Å². The fourth-order valence-corrected chi connectivity index (χ4v) is 5.49. The lowest BCUT2D eigenvalue weighted by Gasteiger charge is -2.10. The molecule has 0 heterocycles. The first-order valence-electron chi connectivity index (χ1n) is 14.9. The van der Waals surface area contributed by atoms with Crippen LogP contribution >= 0.6 is 0 Å². The van der Waals surface area contributed by atoms with Crippen molar-refractivity contribution in [1.82, 2.24) is 0 Å². The first-order chi connectivity index (χ1) is 21.8. The molecule has 0 unspecified atom stereocenters. The highest BCUT2D eigenvalue weighted by molar-refractivity contribution is 5.88. The van der Waals surface area contributed by atoms with Crippen molar-refractivity contribution in [2.45, 2.75) is 0 Å². The number of nitrogens with one attached hydrogen (secondary N) is 2. The maximum absolute atomic E-state index is 3.51. The maximum Gasteiger partial charge on any atom is 0.0390 e. The SMILES string of the molecule is c1ccc2cc(Nc3ccc(-c4ccc(Nc5ccc6ccccc6c5)cc4)cc3)ccc2c1.c1ccc2ccccc2c1. The number of benzene rings is 8. The van der Waals surface area contributed by atoms with E-state index in [9.17, 15) is 0 Å². The van der Waals surface area contributed by atoms with E-state index in [2.05, 4.69) is 193 Å². The lowest BCUT2D eigenvalue weighted by Crippen LogP contribution is -1.91. The first kappa shape index (κ1) is 27.0. The third kappa shape index (κ3) is 6.30. The Bertz CT molecular complexity index is 1970. The van der Waals surface area contributed by atoms with Gasteiger partial charge in [-0.25, -0.2) is 0 Å². The van der Waals surface area contributed by atoms with E-state index < -0.39 is 0 Å². The molecule has 8 rings (SSSR count). The summed E-state index contributed by atoms with van der Waals surface area (Å²) in [4.78, 5) is 0. The number of rotatable bonds is 5. The van der Waals surface area contributed by atoms with Crippen molar-refractivity contribution in [3.63, 3.8) is 0 Å². The molecular weight excluding hydrogens is 532 g/mol. The van der Waals surface area contributed by atoms with Gasteiger partial charge < -0.3 is 10.6 Å². The zero-order chi connectivity index (χ0) is 29.6. The van der Waals surface area contributed by atoms with Gasteiger partial charge in [-0.3, -0.25) is 0 Å². The maximum atomic E-state index is 3.51. The van der Waals surface area contributed by atoms with Crippen molar-refractivity contribution in [3.05, 3.63) is 182 Å². The molecule has 0 saturated carbocycles. The molecule has 0 aromatic heterocycles. The highest BCUT2D eigenvalue weighted by Crippen LogP contribution is 2.28. The first-order valence-corrected chi connectivity index (χ1v) is 14.9. The molecule has 0 fully saturated rings. The normalized spacial score (nSPS) is 10.7. The van der Waals surface area contributed by atoms with Crippen LogP contribution in [0.15, 0.2) is 182 Å². The molecule has 0 amide bonds. The molecule has 2 heteroatoms. The Morgan fingerprint density at radius 2 is 0.500 bits per heavy atom. The quantitative estimate of drug-likeness (QED) is 0.217. The summed E-state index contributed by atoms with van der Waals surface area (Å²) >= 11 is 0. The molecule has 0 aliphatic carbocycles. The minimum atomic E-state index is 1.08. The van der Waals surface area contributed by atoms with Gasteiger partial charge in [-0.1, -0.05) is 133 Å². The predicted molar refractivity (Wildman–Crippen MR) is 190 cm³/mol. The van der Waals surface area contributed by atoms with E-state index in [4.69, 9.17) is 0 Å². The van der Waals surface area contributed by atoms with Crippen molar-refractivity contribution < 1.29 is 0 Å². The zero-order valence-corrected chi connectivity index (χ0v) is 24.3. The second-order valence-corrected chi connectivity index (χ2v) is 10.9. The van der Waals surface area contributed by atoms with Gasteiger partial charge in [0.25, 0.3) is 0 Å². The van der Waals surface area contributed by atoms with E-state index in [-0.39, 0.29) is 0 Å². The van der Waals surface area contributed by atoms with Crippen LogP contribution in [0.3, 0.4) is 0 Å². The van der Waals surface area contributed by atoms with E-state index >= 15 is 0 Å². The van der Waals surface area contributed by atoms with E-state index in [1.807, 2.05) is 0 Å². The van der Waals surface area contributed by atoms with Gasteiger partial charge in [-0.15, -0.1) is 0 Å². The van der Waals surface area contributed by atoms with Gasteiger partial charge in [0, 0.05) is 22.7 Å². The van der Waals surface area contributed by atoms with Crippen LogP contribution < -0.4 is 10.6 Å². The van der Waals surface area contributed by atoms with Gasteiger partial charge in [0.1, 0.15) is 0 Å².